The van der Waals surface area contributed by atoms with Crippen LogP contribution < -0.4 is 0 Å². The van der Waals surface area contributed by atoms with Gasteiger partial charge in [-0.15, -0.1) is 0 Å². The number of rotatable bonds is 5. The molecule has 0 aromatic carbocycles. The molecule has 0 spiro atoms. The highest BCUT2D eigenvalue weighted by molar-refractivity contribution is 5.83. The van der Waals surface area contributed by atoms with Crippen LogP contribution in [0.15, 0.2) is 18.6 Å². The lowest BCUT2D eigenvalue weighted by molar-refractivity contribution is -0.175. The Morgan fingerprint density at radius 2 is 1.91 bits per heavy atom. The first-order valence-electron chi connectivity index (χ1n) is 13.6. The predicted molar refractivity (Wildman–Crippen MR) is 132 cm³/mol. The summed E-state index contributed by atoms with van der Waals surface area (Å²) in [6, 6.07) is 0. The number of aromatic nitrogens is 4. The number of ketones is 1. The van der Waals surface area contributed by atoms with E-state index in [9.17, 15) is 9.90 Å². The van der Waals surface area contributed by atoms with E-state index < -0.39 is 5.60 Å². The largest absolute Gasteiger partial charge is 0.390 e. The number of carbonyl (C=O) groups excluding carboxylic acids is 1. The van der Waals surface area contributed by atoms with E-state index in [2.05, 4.69) is 22.0 Å². The molecule has 4 aliphatic carbocycles. The number of Topliss-reactive ketones (excluding diaryl/α,β-unsaturated/α-hetero) is 1. The highest BCUT2D eigenvalue weighted by Crippen LogP contribution is 2.68. The van der Waals surface area contributed by atoms with Crippen LogP contribution >= 0.6 is 0 Å². The van der Waals surface area contributed by atoms with Gasteiger partial charge in [0.15, 0.2) is 11.4 Å². The molecule has 0 amide bonds. The second-order valence-corrected chi connectivity index (χ2v) is 12.7. The second kappa shape index (κ2) is 8.34. The summed E-state index contributed by atoms with van der Waals surface area (Å²) in [5, 5.41) is 15.3. The highest BCUT2D eigenvalue weighted by atomic mass is 16.5. The van der Waals surface area contributed by atoms with Crippen LogP contribution in [-0.2, 0) is 16.1 Å². The molecular weight excluding hydrogens is 440 g/mol. The number of methoxy groups -OCH3 is 1. The van der Waals surface area contributed by atoms with Crippen LogP contribution in [0.25, 0.3) is 11.2 Å². The van der Waals surface area contributed by atoms with Gasteiger partial charge >= 0.3 is 0 Å². The van der Waals surface area contributed by atoms with Gasteiger partial charge in [0.05, 0.1) is 18.4 Å². The number of hydrogen-bond donors (Lipinski definition) is 1. The summed E-state index contributed by atoms with van der Waals surface area (Å²) in [5.41, 5.74) is 1.15. The fourth-order valence-electron chi connectivity index (χ4n) is 9.50. The van der Waals surface area contributed by atoms with E-state index >= 15 is 0 Å². The molecule has 6 rings (SSSR count). The molecule has 1 unspecified atom stereocenters. The zero-order chi connectivity index (χ0) is 24.4. The van der Waals surface area contributed by atoms with E-state index in [4.69, 9.17) is 4.74 Å². The van der Waals surface area contributed by atoms with E-state index in [0.717, 1.165) is 50.6 Å². The molecule has 2 aromatic heterocycles. The van der Waals surface area contributed by atoms with Gasteiger partial charge in [0.2, 0.25) is 0 Å². The number of ether oxygens (including phenoxy) is 1. The predicted octanol–water partition coefficient (Wildman–Crippen LogP) is 4.43. The molecule has 190 valence electrons. The molecule has 0 bridgehead atoms. The second-order valence-electron chi connectivity index (χ2n) is 12.7. The number of fused-ring (bicyclic) bond motifs is 6. The first-order valence-corrected chi connectivity index (χ1v) is 13.6. The monoisotopic (exact) mass is 480 g/mol. The molecule has 2 aromatic rings. The summed E-state index contributed by atoms with van der Waals surface area (Å²) in [5.74, 6) is 2.85. The first-order chi connectivity index (χ1) is 16.8. The SMILES string of the molecule is COC[C@]12CC[C@@](C)(O)C[C@@H]1CC[C@H]1[C@@H]3CC[C@H](C(=O)Cn4ncc5nccnc54)C3(C)CC[C@@H]12. The lowest BCUT2D eigenvalue weighted by Gasteiger charge is -2.62. The third-order valence-electron chi connectivity index (χ3n) is 11.0. The minimum absolute atomic E-state index is 0.0636. The fraction of sp³-hybridized carbons (Fsp3) is 0.786. The Hall–Kier alpha value is -1.86. The van der Waals surface area contributed by atoms with Crippen LogP contribution in [0.5, 0.6) is 0 Å². The van der Waals surface area contributed by atoms with E-state index in [1.165, 1.54) is 19.3 Å². The Bertz CT molecular complexity index is 1110. The number of aliphatic hydroxyl groups is 1. The molecule has 0 aliphatic heterocycles. The molecule has 7 heteroatoms. The molecule has 0 radical (unpaired) electrons. The Morgan fingerprint density at radius 1 is 1.09 bits per heavy atom. The van der Waals surface area contributed by atoms with E-state index in [0.29, 0.717) is 35.1 Å². The minimum Gasteiger partial charge on any atom is -0.390 e. The van der Waals surface area contributed by atoms with Gasteiger partial charge in [-0.2, -0.15) is 5.10 Å². The zero-order valence-electron chi connectivity index (χ0n) is 21.4. The summed E-state index contributed by atoms with van der Waals surface area (Å²) < 4.78 is 7.63. The van der Waals surface area contributed by atoms with Crippen LogP contribution in [0, 0.1) is 40.4 Å². The lowest BCUT2D eigenvalue weighted by Crippen LogP contribution is -2.58. The molecule has 4 fully saturated rings. The Kier molecular flexibility index (Phi) is 5.61. The summed E-state index contributed by atoms with van der Waals surface area (Å²) in [6.07, 6.45) is 14.7. The van der Waals surface area contributed by atoms with Crippen LogP contribution in [0.2, 0.25) is 0 Å². The van der Waals surface area contributed by atoms with Crippen LogP contribution in [0.4, 0.5) is 0 Å². The molecule has 2 heterocycles. The van der Waals surface area contributed by atoms with Crippen molar-refractivity contribution in [2.75, 3.05) is 13.7 Å². The summed E-state index contributed by atoms with van der Waals surface area (Å²) >= 11 is 0. The molecule has 4 aliphatic rings. The van der Waals surface area contributed by atoms with Gasteiger partial charge < -0.3 is 9.84 Å². The Labute approximate surface area is 208 Å². The van der Waals surface area contributed by atoms with Crippen LogP contribution in [-0.4, -0.2) is 50.0 Å². The van der Waals surface area contributed by atoms with Crippen molar-refractivity contribution in [3.63, 3.8) is 0 Å². The van der Waals surface area contributed by atoms with Gasteiger partial charge in [-0.3, -0.25) is 4.79 Å². The summed E-state index contributed by atoms with van der Waals surface area (Å²) in [6.45, 7) is 5.53. The van der Waals surface area contributed by atoms with Crippen molar-refractivity contribution in [3.05, 3.63) is 18.6 Å². The van der Waals surface area contributed by atoms with Gasteiger partial charge in [-0.05, 0) is 99.2 Å². The average molecular weight is 481 g/mol. The van der Waals surface area contributed by atoms with Crippen LogP contribution in [0.1, 0.15) is 71.6 Å². The van der Waals surface area contributed by atoms with Gasteiger partial charge in [0.1, 0.15) is 12.1 Å². The summed E-state index contributed by atoms with van der Waals surface area (Å²) in [7, 11) is 1.85. The fourth-order valence-corrected chi connectivity index (χ4v) is 9.50. The molecule has 35 heavy (non-hydrogen) atoms. The quantitative estimate of drug-likeness (QED) is 0.681. The number of hydrogen-bond acceptors (Lipinski definition) is 6. The van der Waals surface area contributed by atoms with Crippen molar-refractivity contribution < 1.29 is 14.6 Å². The molecule has 4 saturated carbocycles. The molecular formula is C28H40N4O3. The smallest absolute Gasteiger partial charge is 0.177 e. The maximum Gasteiger partial charge on any atom is 0.177 e. The van der Waals surface area contributed by atoms with Crippen molar-refractivity contribution in [1.82, 2.24) is 19.7 Å². The van der Waals surface area contributed by atoms with E-state index in [1.807, 2.05) is 14.0 Å². The standard InChI is InChI=1S/C28H40N4O3/c1-26(34)10-11-28(17-35-3)18(14-26)4-5-19-20-6-7-22(27(20,2)9-8-21(19)28)24(33)16-32-25-23(15-31-32)29-12-13-30-25/h12-13,15,18-22,34H,4-11,14,16-17H2,1-3H3/t18-,19-,20-,21-,22+,26+,27?,28+/m0/s1. The van der Waals surface area contributed by atoms with Gasteiger partial charge in [0.25, 0.3) is 0 Å². The van der Waals surface area contributed by atoms with E-state index in [-0.39, 0.29) is 23.3 Å². The van der Waals surface area contributed by atoms with Crippen LogP contribution in [0.3, 0.4) is 0 Å². The van der Waals surface area contributed by atoms with Crippen molar-refractivity contribution in [1.29, 1.82) is 0 Å². The third-order valence-corrected chi connectivity index (χ3v) is 11.0. The zero-order valence-corrected chi connectivity index (χ0v) is 21.4. The summed E-state index contributed by atoms with van der Waals surface area (Å²) in [4.78, 5) is 22.4. The van der Waals surface area contributed by atoms with Crippen molar-refractivity contribution in [2.24, 2.45) is 40.4 Å². The van der Waals surface area contributed by atoms with Crippen molar-refractivity contribution in [2.45, 2.75) is 83.8 Å². The highest BCUT2D eigenvalue weighted by Gasteiger charge is 2.63. The Morgan fingerprint density at radius 3 is 2.74 bits per heavy atom. The first kappa shape index (κ1) is 23.5. The molecule has 8 atom stereocenters. The topological polar surface area (TPSA) is 90.1 Å². The average Bonchev–Trinajstić information content (AvgIpc) is 3.40. The van der Waals surface area contributed by atoms with Gasteiger partial charge in [0, 0.05) is 25.4 Å². The number of nitrogens with zero attached hydrogens (tertiary/aromatic N) is 4. The molecule has 1 N–H and O–H groups in total. The minimum atomic E-state index is -0.538. The third kappa shape index (κ3) is 3.59. The number of carbonyl (C=O) groups is 1. The lowest BCUT2D eigenvalue weighted by atomic mass is 9.43. The van der Waals surface area contributed by atoms with E-state index in [1.54, 1.807) is 23.3 Å². The molecule has 7 nitrogen and oxygen atoms in total. The van der Waals surface area contributed by atoms with Crippen molar-refractivity contribution in [3.8, 4) is 0 Å². The maximum absolute atomic E-state index is 13.7. The van der Waals surface area contributed by atoms with Crippen molar-refractivity contribution >= 4 is 16.9 Å². The van der Waals surface area contributed by atoms with Gasteiger partial charge in [-0.25, -0.2) is 14.6 Å². The Balaban J connectivity index is 1.24. The normalized spacial score (nSPS) is 42.9. The van der Waals surface area contributed by atoms with Gasteiger partial charge in [-0.1, -0.05) is 6.92 Å². The maximum atomic E-state index is 13.7. The molecule has 0 saturated heterocycles.